The number of nitrogens with zero attached hydrogens (tertiary/aromatic N) is 4. The molecule has 7 heteroatoms. The largest absolute Gasteiger partial charge is 0.334 e. The van der Waals surface area contributed by atoms with Gasteiger partial charge in [0.1, 0.15) is 6.54 Å². The molecule has 1 aliphatic heterocycles. The van der Waals surface area contributed by atoms with Crippen molar-refractivity contribution in [3.63, 3.8) is 0 Å². The van der Waals surface area contributed by atoms with Crippen LogP contribution in [0.4, 0.5) is 0 Å². The van der Waals surface area contributed by atoms with E-state index in [0.29, 0.717) is 13.0 Å². The highest BCUT2D eigenvalue weighted by Gasteiger charge is 2.64. The van der Waals surface area contributed by atoms with Crippen LogP contribution in [-0.4, -0.2) is 49.9 Å². The Kier molecular flexibility index (Phi) is 4.44. The molecule has 0 radical (unpaired) electrons. The highest BCUT2D eigenvalue weighted by Crippen LogP contribution is 2.60. The third-order valence-electron chi connectivity index (χ3n) is 8.10. The number of hydrogen-bond acceptors (Lipinski definition) is 4. The van der Waals surface area contributed by atoms with Crippen LogP contribution in [0.1, 0.15) is 63.4 Å². The Balaban J connectivity index is 1.56. The van der Waals surface area contributed by atoms with Gasteiger partial charge in [0.05, 0.1) is 11.1 Å². The number of carbonyl (C=O) groups is 3. The molecule has 7 nitrogen and oxygen atoms in total. The van der Waals surface area contributed by atoms with Crippen LogP contribution in [0, 0.1) is 30.6 Å². The molecule has 0 aromatic carbocycles. The van der Waals surface area contributed by atoms with E-state index in [4.69, 9.17) is 0 Å². The van der Waals surface area contributed by atoms with Gasteiger partial charge in [-0.2, -0.15) is 5.10 Å². The Morgan fingerprint density at radius 3 is 2.38 bits per heavy atom. The van der Waals surface area contributed by atoms with Crippen molar-refractivity contribution in [3.05, 3.63) is 17.0 Å². The number of fused-ring (bicyclic) bond motifs is 2. The van der Waals surface area contributed by atoms with Crippen molar-refractivity contribution >= 4 is 17.7 Å². The van der Waals surface area contributed by atoms with Crippen molar-refractivity contribution in [1.82, 2.24) is 19.6 Å². The summed E-state index contributed by atoms with van der Waals surface area (Å²) < 4.78 is 1.83. The quantitative estimate of drug-likeness (QED) is 0.711. The van der Waals surface area contributed by atoms with Crippen LogP contribution in [0.25, 0.3) is 0 Å². The van der Waals surface area contributed by atoms with Crippen LogP contribution in [0.3, 0.4) is 0 Å². The van der Waals surface area contributed by atoms with Gasteiger partial charge in [0.15, 0.2) is 0 Å². The zero-order chi connectivity index (χ0) is 21.3. The number of likely N-dealkylation sites (tertiary alicyclic amines) is 1. The van der Waals surface area contributed by atoms with Crippen molar-refractivity contribution in [1.29, 1.82) is 0 Å². The Morgan fingerprint density at radius 1 is 1.17 bits per heavy atom. The molecule has 158 valence electrons. The van der Waals surface area contributed by atoms with Gasteiger partial charge in [-0.15, -0.1) is 0 Å². The molecule has 29 heavy (non-hydrogen) atoms. The number of aryl methyl sites for hydroxylation is 2. The van der Waals surface area contributed by atoms with Gasteiger partial charge >= 0.3 is 0 Å². The van der Waals surface area contributed by atoms with Crippen LogP contribution in [0.2, 0.25) is 0 Å². The summed E-state index contributed by atoms with van der Waals surface area (Å²) in [5.74, 6) is -0.679. The highest BCUT2D eigenvalue weighted by atomic mass is 16.2. The fourth-order valence-electron chi connectivity index (χ4n) is 5.30. The first kappa shape index (κ1) is 20.1. The lowest BCUT2D eigenvalue weighted by molar-refractivity contribution is -0.170. The number of imide groups is 1. The zero-order valence-corrected chi connectivity index (χ0v) is 18.4. The molecule has 2 unspecified atom stereocenters. The number of carbonyl (C=O) groups excluding carboxylic acids is 3. The van der Waals surface area contributed by atoms with Gasteiger partial charge in [-0.25, -0.2) is 0 Å². The van der Waals surface area contributed by atoms with E-state index in [-0.39, 0.29) is 41.6 Å². The average Bonchev–Trinajstić information content (AvgIpc) is 3.41. The molecule has 2 heterocycles. The molecule has 2 aliphatic carbocycles. The Bertz CT molecular complexity index is 898. The van der Waals surface area contributed by atoms with E-state index in [1.54, 1.807) is 0 Å². The van der Waals surface area contributed by atoms with Crippen molar-refractivity contribution in [3.8, 4) is 0 Å². The number of rotatable bonds is 5. The minimum atomic E-state index is -0.577. The summed E-state index contributed by atoms with van der Waals surface area (Å²) in [5.41, 5.74) is 2.07. The number of aromatic nitrogens is 2. The minimum absolute atomic E-state index is 0.139. The number of piperidine rings is 1. The maximum atomic E-state index is 13.3. The van der Waals surface area contributed by atoms with E-state index in [1.165, 1.54) is 4.90 Å². The van der Waals surface area contributed by atoms with E-state index in [9.17, 15) is 14.4 Å². The summed E-state index contributed by atoms with van der Waals surface area (Å²) >= 11 is 0. The van der Waals surface area contributed by atoms with Crippen LogP contribution in [0.5, 0.6) is 0 Å². The van der Waals surface area contributed by atoms with E-state index in [1.807, 2.05) is 51.2 Å². The van der Waals surface area contributed by atoms with Crippen LogP contribution in [-0.2, 0) is 28.0 Å². The molecule has 3 amide bonds. The second kappa shape index (κ2) is 6.41. The summed E-state index contributed by atoms with van der Waals surface area (Å²) in [7, 11) is 1.90. The average molecular weight is 401 g/mol. The summed E-state index contributed by atoms with van der Waals surface area (Å²) in [6.07, 6.45) is 3.37. The summed E-state index contributed by atoms with van der Waals surface area (Å²) in [6.45, 7) is 10.3. The van der Waals surface area contributed by atoms with Crippen molar-refractivity contribution in [2.75, 3.05) is 6.54 Å². The van der Waals surface area contributed by atoms with Crippen molar-refractivity contribution < 1.29 is 14.4 Å². The van der Waals surface area contributed by atoms with E-state index >= 15 is 0 Å². The minimum Gasteiger partial charge on any atom is -0.334 e. The van der Waals surface area contributed by atoms with Crippen LogP contribution < -0.4 is 0 Å². The molecule has 3 fully saturated rings. The fourth-order valence-corrected chi connectivity index (χ4v) is 5.30. The zero-order valence-electron chi connectivity index (χ0n) is 18.4. The number of amides is 3. The number of hydrogen-bond donors (Lipinski definition) is 0. The Hall–Kier alpha value is -2.18. The van der Waals surface area contributed by atoms with Crippen LogP contribution in [0.15, 0.2) is 0 Å². The van der Waals surface area contributed by atoms with Crippen molar-refractivity contribution in [2.45, 2.75) is 72.9 Å². The molecule has 4 rings (SSSR count). The molecular weight excluding hydrogens is 368 g/mol. The van der Waals surface area contributed by atoms with Gasteiger partial charge in [0, 0.05) is 36.8 Å². The third-order valence-corrected chi connectivity index (χ3v) is 8.10. The summed E-state index contributed by atoms with van der Waals surface area (Å²) in [5, 5.41) is 4.46. The maximum Gasteiger partial charge on any atom is 0.243 e. The van der Waals surface area contributed by atoms with Crippen molar-refractivity contribution in [2.24, 2.45) is 23.8 Å². The highest BCUT2D eigenvalue weighted by molar-refractivity contribution is 6.06. The third kappa shape index (κ3) is 2.84. The van der Waals surface area contributed by atoms with E-state index in [2.05, 4.69) is 5.10 Å². The molecule has 2 bridgehead atoms. The monoisotopic (exact) mass is 400 g/mol. The van der Waals surface area contributed by atoms with E-state index < -0.39 is 5.41 Å². The van der Waals surface area contributed by atoms with Gasteiger partial charge < -0.3 is 4.90 Å². The van der Waals surface area contributed by atoms with Gasteiger partial charge in [0.2, 0.25) is 17.7 Å². The predicted molar refractivity (Wildman–Crippen MR) is 108 cm³/mol. The van der Waals surface area contributed by atoms with E-state index in [0.717, 1.165) is 36.2 Å². The SMILES string of the molecule is Cc1nn(C)c(C)c1CN(C(=O)CN1C(=O)C2CCC(C)(C1=O)C2(C)C)C1CC1. The van der Waals surface area contributed by atoms with Crippen LogP contribution >= 0.6 is 0 Å². The predicted octanol–water partition coefficient (Wildman–Crippen LogP) is 2.34. The Morgan fingerprint density at radius 2 is 1.83 bits per heavy atom. The molecular formula is C22H32N4O3. The lowest BCUT2D eigenvalue weighted by atomic mass is 9.62. The van der Waals surface area contributed by atoms with Gasteiger partial charge in [-0.3, -0.25) is 24.0 Å². The maximum absolute atomic E-state index is 13.3. The molecule has 0 N–H and O–H groups in total. The molecule has 0 spiro atoms. The first-order valence-electron chi connectivity index (χ1n) is 10.6. The first-order chi connectivity index (χ1) is 13.5. The lowest BCUT2D eigenvalue weighted by Gasteiger charge is -2.47. The Labute approximate surface area is 172 Å². The summed E-state index contributed by atoms with van der Waals surface area (Å²) in [4.78, 5) is 42.7. The molecule has 2 saturated carbocycles. The van der Waals surface area contributed by atoms with Gasteiger partial charge in [0.25, 0.3) is 0 Å². The molecule has 3 aliphatic rings. The van der Waals surface area contributed by atoms with Gasteiger partial charge in [-0.1, -0.05) is 20.8 Å². The molecule has 1 saturated heterocycles. The molecule has 1 aromatic heterocycles. The first-order valence-corrected chi connectivity index (χ1v) is 10.6. The molecule has 2 atom stereocenters. The standard InChI is InChI=1S/C22H32N4O3/c1-13-16(14(2)24(6)23-13)11-25(15-7-8-15)18(27)12-26-19(28)17-9-10-22(5,20(26)29)21(17,3)4/h15,17H,7-12H2,1-6H3. The van der Waals surface area contributed by atoms with Gasteiger partial charge in [-0.05, 0) is 44.9 Å². The molecule has 1 aromatic rings. The second-order valence-electron chi connectivity index (χ2n) is 9.90. The summed E-state index contributed by atoms with van der Waals surface area (Å²) in [6, 6.07) is 0.195. The second-order valence-corrected chi connectivity index (χ2v) is 9.90. The smallest absolute Gasteiger partial charge is 0.243 e. The normalized spacial score (nSPS) is 28.2. The topological polar surface area (TPSA) is 75.5 Å². The fraction of sp³-hybridized carbons (Fsp3) is 0.727. The lowest BCUT2D eigenvalue weighted by Crippen LogP contribution is -2.60.